The first kappa shape index (κ1) is 15.7. The Kier molecular flexibility index (Phi) is 6.24. The Morgan fingerprint density at radius 1 is 1.25 bits per heavy atom. The molecular weight excluding hydrogens is 266 g/mol. The smallest absolute Gasteiger partial charge is 0.0294 e. The van der Waals surface area contributed by atoms with Gasteiger partial charge in [0.25, 0.3) is 0 Å². The maximum Gasteiger partial charge on any atom is 0.0294 e. The molecule has 2 rings (SSSR count). The molecule has 0 aromatic heterocycles. The van der Waals surface area contributed by atoms with Gasteiger partial charge in [0.2, 0.25) is 0 Å². The van der Waals surface area contributed by atoms with Crippen LogP contribution in [0.1, 0.15) is 56.7 Å². The molecular formula is C17H27NOS. The minimum atomic E-state index is -0.567. The van der Waals surface area contributed by atoms with Crippen molar-refractivity contribution in [2.45, 2.75) is 58.0 Å². The molecule has 0 radical (unpaired) electrons. The standard InChI is InChI=1S/C17H27NOS/c1-3-4-5-15-6-8-16(9-7-15)14(2)18-17-10-12-20(19)13-11-17/h6-9,14,17-18H,3-5,10-13H2,1-2H3. The lowest BCUT2D eigenvalue weighted by molar-refractivity contribution is 0.427. The predicted octanol–water partition coefficient (Wildman–Crippen LogP) is 3.59. The largest absolute Gasteiger partial charge is 0.307 e. The van der Waals surface area contributed by atoms with Gasteiger partial charge in [0.1, 0.15) is 0 Å². The van der Waals surface area contributed by atoms with Crippen molar-refractivity contribution in [2.75, 3.05) is 11.5 Å². The van der Waals surface area contributed by atoms with Gasteiger partial charge in [-0.05, 0) is 43.7 Å². The summed E-state index contributed by atoms with van der Waals surface area (Å²) >= 11 is 0. The Balaban J connectivity index is 1.85. The summed E-state index contributed by atoms with van der Waals surface area (Å²) in [7, 11) is -0.567. The summed E-state index contributed by atoms with van der Waals surface area (Å²) in [5.74, 6) is 1.72. The number of hydrogen-bond acceptors (Lipinski definition) is 2. The third kappa shape index (κ3) is 4.71. The zero-order valence-electron chi connectivity index (χ0n) is 12.7. The van der Waals surface area contributed by atoms with Crippen LogP contribution in [0.2, 0.25) is 0 Å². The second-order valence-corrected chi connectivity index (χ2v) is 7.55. The maximum atomic E-state index is 11.4. The second-order valence-electron chi connectivity index (χ2n) is 5.86. The van der Waals surface area contributed by atoms with Crippen molar-refractivity contribution >= 4 is 10.8 Å². The van der Waals surface area contributed by atoms with E-state index in [1.807, 2.05) is 0 Å². The van der Waals surface area contributed by atoms with E-state index in [4.69, 9.17) is 0 Å². The number of aryl methyl sites for hydroxylation is 1. The first-order valence-corrected chi connectivity index (χ1v) is 9.37. The number of benzene rings is 1. The van der Waals surface area contributed by atoms with Crippen LogP contribution in [0.4, 0.5) is 0 Å². The molecule has 2 nitrogen and oxygen atoms in total. The van der Waals surface area contributed by atoms with E-state index in [9.17, 15) is 4.21 Å². The molecule has 0 bridgehead atoms. The molecule has 1 N–H and O–H groups in total. The van der Waals surface area contributed by atoms with Crippen LogP contribution in [0.3, 0.4) is 0 Å². The second kappa shape index (κ2) is 7.94. The first-order valence-electron chi connectivity index (χ1n) is 7.89. The average Bonchev–Trinajstić information content (AvgIpc) is 2.48. The van der Waals surface area contributed by atoms with E-state index in [-0.39, 0.29) is 0 Å². The highest BCUT2D eigenvalue weighted by Gasteiger charge is 2.19. The quantitative estimate of drug-likeness (QED) is 0.868. The molecule has 1 aliphatic rings. The summed E-state index contributed by atoms with van der Waals surface area (Å²) in [5.41, 5.74) is 2.80. The van der Waals surface area contributed by atoms with E-state index in [1.165, 1.54) is 30.4 Å². The summed E-state index contributed by atoms with van der Waals surface area (Å²) in [6.45, 7) is 4.46. The van der Waals surface area contributed by atoms with E-state index in [1.54, 1.807) is 0 Å². The van der Waals surface area contributed by atoms with Gasteiger partial charge in [-0.2, -0.15) is 0 Å². The van der Waals surface area contributed by atoms with Crippen molar-refractivity contribution in [3.63, 3.8) is 0 Å². The predicted molar refractivity (Wildman–Crippen MR) is 87.5 cm³/mol. The van der Waals surface area contributed by atoms with Crippen LogP contribution in [-0.4, -0.2) is 21.8 Å². The number of rotatable bonds is 6. The average molecular weight is 293 g/mol. The molecule has 20 heavy (non-hydrogen) atoms. The summed E-state index contributed by atoms with van der Waals surface area (Å²) < 4.78 is 11.4. The van der Waals surface area contributed by atoms with Crippen LogP contribution < -0.4 is 5.32 Å². The molecule has 0 saturated carbocycles. The van der Waals surface area contributed by atoms with Crippen LogP contribution in [0.5, 0.6) is 0 Å². The molecule has 112 valence electrons. The normalized spacial score (nSPS) is 24.5. The van der Waals surface area contributed by atoms with Crippen molar-refractivity contribution in [3.05, 3.63) is 35.4 Å². The fraction of sp³-hybridized carbons (Fsp3) is 0.647. The Morgan fingerprint density at radius 3 is 2.50 bits per heavy atom. The Bertz CT molecular complexity index is 419. The van der Waals surface area contributed by atoms with Gasteiger partial charge in [0.15, 0.2) is 0 Å². The number of unbranched alkanes of at least 4 members (excludes halogenated alkanes) is 1. The van der Waals surface area contributed by atoms with Crippen molar-refractivity contribution in [1.82, 2.24) is 5.32 Å². The van der Waals surface area contributed by atoms with E-state index >= 15 is 0 Å². The van der Waals surface area contributed by atoms with E-state index in [2.05, 4.69) is 43.4 Å². The molecule has 1 aromatic rings. The topological polar surface area (TPSA) is 29.1 Å². The zero-order chi connectivity index (χ0) is 14.4. The third-order valence-corrected chi connectivity index (χ3v) is 5.55. The monoisotopic (exact) mass is 293 g/mol. The lowest BCUT2D eigenvalue weighted by Crippen LogP contribution is -2.37. The molecule has 1 atom stereocenters. The van der Waals surface area contributed by atoms with Crippen LogP contribution in [0, 0.1) is 0 Å². The van der Waals surface area contributed by atoms with Crippen LogP contribution >= 0.6 is 0 Å². The fourth-order valence-electron chi connectivity index (χ4n) is 2.76. The van der Waals surface area contributed by atoms with Gasteiger partial charge in [0, 0.05) is 34.4 Å². The highest BCUT2D eigenvalue weighted by molar-refractivity contribution is 7.85. The van der Waals surface area contributed by atoms with Crippen molar-refractivity contribution in [2.24, 2.45) is 0 Å². The summed E-state index contributed by atoms with van der Waals surface area (Å²) in [4.78, 5) is 0. The molecule has 1 saturated heterocycles. The fourth-order valence-corrected chi connectivity index (χ4v) is 4.06. The van der Waals surface area contributed by atoms with Gasteiger partial charge in [0.05, 0.1) is 0 Å². The molecule has 1 aromatic carbocycles. The molecule has 0 spiro atoms. The van der Waals surface area contributed by atoms with Crippen LogP contribution in [0.25, 0.3) is 0 Å². The van der Waals surface area contributed by atoms with Gasteiger partial charge >= 0.3 is 0 Å². The summed E-state index contributed by atoms with van der Waals surface area (Å²) in [5, 5.41) is 3.68. The highest BCUT2D eigenvalue weighted by Crippen LogP contribution is 2.18. The Morgan fingerprint density at radius 2 is 1.90 bits per heavy atom. The zero-order valence-corrected chi connectivity index (χ0v) is 13.5. The van der Waals surface area contributed by atoms with E-state index < -0.39 is 10.8 Å². The van der Waals surface area contributed by atoms with Crippen molar-refractivity contribution in [1.29, 1.82) is 0 Å². The lowest BCUT2D eigenvalue weighted by atomic mass is 10.0. The highest BCUT2D eigenvalue weighted by atomic mass is 32.2. The summed E-state index contributed by atoms with van der Waals surface area (Å²) in [6.07, 6.45) is 5.80. The molecule has 0 amide bonds. The van der Waals surface area contributed by atoms with Crippen molar-refractivity contribution < 1.29 is 4.21 Å². The number of hydrogen-bond donors (Lipinski definition) is 1. The van der Waals surface area contributed by atoms with Crippen molar-refractivity contribution in [3.8, 4) is 0 Å². The SMILES string of the molecule is CCCCc1ccc(C(C)NC2CCS(=O)CC2)cc1. The Labute approximate surface area is 125 Å². The van der Waals surface area contributed by atoms with E-state index in [0.29, 0.717) is 12.1 Å². The maximum absolute atomic E-state index is 11.4. The first-order chi connectivity index (χ1) is 9.69. The molecule has 0 aliphatic carbocycles. The van der Waals surface area contributed by atoms with Gasteiger partial charge in [-0.15, -0.1) is 0 Å². The lowest BCUT2D eigenvalue weighted by Gasteiger charge is -2.26. The van der Waals surface area contributed by atoms with Gasteiger partial charge in [-0.1, -0.05) is 37.6 Å². The minimum Gasteiger partial charge on any atom is -0.307 e. The van der Waals surface area contributed by atoms with Gasteiger partial charge < -0.3 is 5.32 Å². The minimum absolute atomic E-state index is 0.381. The third-order valence-electron chi connectivity index (χ3n) is 4.17. The number of nitrogens with one attached hydrogen (secondary N) is 1. The van der Waals surface area contributed by atoms with Crippen LogP contribution in [0.15, 0.2) is 24.3 Å². The van der Waals surface area contributed by atoms with Gasteiger partial charge in [-0.3, -0.25) is 4.21 Å². The molecule has 1 heterocycles. The molecule has 3 heteroatoms. The molecule has 1 aliphatic heterocycles. The van der Waals surface area contributed by atoms with Gasteiger partial charge in [-0.25, -0.2) is 0 Å². The van der Waals surface area contributed by atoms with E-state index in [0.717, 1.165) is 24.3 Å². The Hall–Kier alpha value is -0.670. The van der Waals surface area contributed by atoms with Crippen LogP contribution in [-0.2, 0) is 17.2 Å². The molecule has 1 fully saturated rings. The molecule has 1 unspecified atom stereocenters. The summed E-state index contributed by atoms with van der Waals surface area (Å²) in [6, 6.07) is 9.94.